The van der Waals surface area contributed by atoms with E-state index >= 15 is 0 Å². The molecule has 182 valence electrons. The monoisotopic (exact) mass is 453 g/mol. The minimum atomic E-state index is 0.481. The van der Waals surface area contributed by atoms with Gasteiger partial charge in [-0.25, -0.2) is 0 Å². The van der Waals surface area contributed by atoms with Crippen LogP contribution in [-0.2, 0) is 0 Å². The Morgan fingerprint density at radius 2 is 1.18 bits per heavy atom. The van der Waals surface area contributed by atoms with E-state index in [4.69, 9.17) is 15.0 Å². The minimum Gasteiger partial charge on any atom is -0.338 e. The van der Waals surface area contributed by atoms with Crippen molar-refractivity contribution in [1.82, 2.24) is 19.9 Å². The van der Waals surface area contributed by atoms with Crippen molar-refractivity contribution in [2.24, 2.45) is 0 Å². The summed E-state index contributed by atoms with van der Waals surface area (Å²) in [6.07, 6.45) is 16.6. The normalized spacial score (nSPS) is 21.1. The van der Waals surface area contributed by atoms with Gasteiger partial charge in [0.1, 0.15) is 0 Å². The number of anilines is 3. The molecule has 1 saturated heterocycles. The third kappa shape index (κ3) is 6.05. The molecule has 1 aliphatic heterocycles. The van der Waals surface area contributed by atoms with E-state index in [1.807, 2.05) is 12.2 Å². The first-order valence-electron chi connectivity index (χ1n) is 13.1. The highest BCUT2D eigenvalue weighted by Crippen LogP contribution is 2.30. The molecule has 7 nitrogen and oxygen atoms in total. The number of nitrogens with zero attached hydrogens (tertiary/aromatic N) is 7. The molecule has 0 atom stereocenters. The number of hydrogen-bond donors (Lipinski definition) is 0. The fraction of sp³-hybridized carbons (Fsp3) is 0.731. The highest BCUT2D eigenvalue weighted by atomic mass is 15.4. The van der Waals surface area contributed by atoms with Gasteiger partial charge in [0.15, 0.2) is 0 Å². The van der Waals surface area contributed by atoms with Gasteiger partial charge >= 0.3 is 0 Å². The summed E-state index contributed by atoms with van der Waals surface area (Å²) in [4.78, 5) is 24.8. The molecule has 2 heterocycles. The number of rotatable bonds is 9. The van der Waals surface area contributed by atoms with Crippen LogP contribution in [0.25, 0.3) is 0 Å². The molecule has 1 aromatic rings. The molecule has 0 radical (unpaired) electrons. The Morgan fingerprint density at radius 3 is 1.61 bits per heavy atom. The van der Waals surface area contributed by atoms with Crippen LogP contribution in [0.15, 0.2) is 25.3 Å². The maximum atomic E-state index is 5.13. The Bertz CT molecular complexity index is 712. The van der Waals surface area contributed by atoms with Crippen molar-refractivity contribution in [2.45, 2.75) is 76.3 Å². The van der Waals surface area contributed by atoms with Crippen molar-refractivity contribution in [3.05, 3.63) is 25.3 Å². The van der Waals surface area contributed by atoms with Crippen molar-refractivity contribution in [1.29, 1.82) is 0 Å². The molecule has 0 bridgehead atoms. The van der Waals surface area contributed by atoms with Crippen LogP contribution in [0.2, 0.25) is 0 Å². The fourth-order valence-corrected chi connectivity index (χ4v) is 5.60. The van der Waals surface area contributed by atoms with Crippen LogP contribution >= 0.6 is 0 Å². The summed E-state index contributed by atoms with van der Waals surface area (Å²) in [5.41, 5.74) is 0. The average Bonchev–Trinajstić information content (AvgIpc) is 2.87. The van der Waals surface area contributed by atoms with Gasteiger partial charge in [-0.1, -0.05) is 50.7 Å². The lowest BCUT2D eigenvalue weighted by Gasteiger charge is -2.38. The molecule has 33 heavy (non-hydrogen) atoms. The highest BCUT2D eigenvalue weighted by Gasteiger charge is 2.29. The molecule has 0 spiro atoms. The third-order valence-corrected chi connectivity index (χ3v) is 7.58. The largest absolute Gasteiger partial charge is 0.338 e. The second kappa shape index (κ2) is 11.8. The minimum absolute atomic E-state index is 0.481. The van der Waals surface area contributed by atoms with E-state index in [1.54, 1.807) is 0 Å². The van der Waals surface area contributed by atoms with Gasteiger partial charge in [0.05, 0.1) is 0 Å². The van der Waals surface area contributed by atoms with Gasteiger partial charge in [-0.3, -0.25) is 0 Å². The number of hydrogen-bond acceptors (Lipinski definition) is 7. The van der Waals surface area contributed by atoms with Crippen molar-refractivity contribution in [2.75, 3.05) is 61.0 Å². The molecular formula is C26H43N7. The second-order valence-corrected chi connectivity index (χ2v) is 9.99. The van der Waals surface area contributed by atoms with Gasteiger partial charge in [0.2, 0.25) is 17.8 Å². The second-order valence-electron chi connectivity index (χ2n) is 9.99. The Hall–Kier alpha value is -2.15. The molecule has 0 N–H and O–H groups in total. The molecule has 7 heteroatoms. The summed E-state index contributed by atoms with van der Waals surface area (Å²) in [5.74, 6) is 2.48. The molecule has 3 fully saturated rings. The topological polar surface area (TPSA) is 51.6 Å². The first-order chi connectivity index (χ1) is 16.2. The van der Waals surface area contributed by atoms with Crippen molar-refractivity contribution in [3.8, 4) is 0 Å². The summed E-state index contributed by atoms with van der Waals surface area (Å²) >= 11 is 0. The molecule has 2 aliphatic carbocycles. The third-order valence-electron chi connectivity index (χ3n) is 7.58. The molecule has 0 aromatic carbocycles. The SMILES string of the molecule is C=CCN(c1nc(N2CCN(C)CC2)nc(N(CC=C)C2CCCCC2)n1)C1CCCCC1. The first kappa shape index (κ1) is 24.0. The van der Waals surface area contributed by atoms with Gasteiger partial charge in [0.25, 0.3) is 0 Å². The average molecular weight is 454 g/mol. The Kier molecular flexibility index (Phi) is 8.59. The molecular weight excluding hydrogens is 410 g/mol. The number of aromatic nitrogens is 3. The van der Waals surface area contributed by atoms with Gasteiger partial charge < -0.3 is 19.6 Å². The van der Waals surface area contributed by atoms with Crippen LogP contribution in [-0.4, -0.2) is 78.3 Å². The van der Waals surface area contributed by atoms with Crippen LogP contribution in [0.3, 0.4) is 0 Å². The Morgan fingerprint density at radius 1 is 0.727 bits per heavy atom. The van der Waals surface area contributed by atoms with Gasteiger partial charge in [0, 0.05) is 51.4 Å². The van der Waals surface area contributed by atoms with E-state index in [0.29, 0.717) is 12.1 Å². The van der Waals surface area contributed by atoms with E-state index in [0.717, 1.165) is 57.1 Å². The summed E-state index contributed by atoms with van der Waals surface area (Å²) in [6.45, 7) is 13.6. The number of piperazine rings is 1. The predicted octanol–water partition coefficient (Wildman–Crippen LogP) is 4.27. The van der Waals surface area contributed by atoms with E-state index in [-0.39, 0.29) is 0 Å². The van der Waals surface area contributed by atoms with E-state index in [9.17, 15) is 0 Å². The van der Waals surface area contributed by atoms with Crippen LogP contribution in [0, 0.1) is 0 Å². The van der Waals surface area contributed by atoms with Crippen LogP contribution in [0.1, 0.15) is 64.2 Å². The fourth-order valence-electron chi connectivity index (χ4n) is 5.60. The van der Waals surface area contributed by atoms with Crippen LogP contribution in [0.4, 0.5) is 17.8 Å². The molecule has 2 saturated carbocycles. The number of likely N-dealkylation sites (N-methyl/N-ethyl adjacent to an activating group) is 1. The summed E-state index contributed by atoms with van der Waals surface area (Å²) in [7, 11) is 2.19. The maximum Gasteiger partial charge on any atom is 0.232 e. The van der Waals surface area contributed by atoms with Gasteiger partial charge in [-0.15, -0.1) is 13.2 Å². The molecule has 4 rings (SSSR count). The summed E-state index contributed by atoms with van der Waals surface area (Å²) in [6, 6.07) is 0.963. The van der Waals surface area contributed by atoms with E-state index in [2.05, 4.69) is 39.8 Å². The maximum absolute atomic E-state index is 5.13. The van der Waals surface area contributed by atoms with E-state index < -0.39 is 0 Å². The van der Waals surface area contributed by atoms with Gasteiger partial charge in [-0.2, -0.15) is 15.0 Å². The zero-order valence-corrected chi connectivity index (χ0v) is 20.7. The summed E-state index contributed by atoms with van der Waals surface area (Å²) in [5, 5.41) is 0. The zero-order valence-electron chi connectivity index (χ0n) is 20.7. The van der Waals surface area contributed by atoms with Crippen molar-refractivity contribution in [3.63, 3.8) is 0 Å². The van der Waals surface area contributed by atoms with E-state index in [1.165, 1.54) is 64.2 Å². The molecule has 0 amide bonds. The highest BCUT2D eigenvalue weighted by molar-refractivity contribution is 5.49. The lowest BCUT2D eigenvalue weighted by atomic mass is 9.94. The Labute approximate surface area is 200 Å². The lowest BCUT2D eigenvalue weighted by molar-refractivity contribution is 0.311. The standard InChI is InChI=1S/C26H43N7/c1-4-16-32(22-12-8-6-9-13-22)25-27-24(31-20-18-30(3)19-21-31)28-26(29-25)33(17-5-2)23-14-10-7-11-15-23/h4-5,22-23H,1-2,6-21H2,3H3. The quantitative estimate of drug-likeness (QED) is 0.518. The van der Waals surface area contributed by atoms with Crippen molar-refractivity contribution >= 4 is 17.8 Å². The zero-order chi connectivity index (χ0) is 23.0. The summed E-state index contributed by atoms with van der Waals surface area (Å²) < 4.78 is 0. The first-order valence-corrected chi connectivity index (χ1v) is 13.1. The smallest absolute Gasteiger partial charge is 0.232 e. The van der Waals surface area contributed by atoms with Crippen molar-refractivity contribution < 1.29 is 0 Å². The van der Waals surface area contributed by atoms with Gasteiger partial charge in [-0.05, 0) is 32.7 Å². The molecule has 3 aliphatic rings. The Balaban J connectivity index is 1.71. The predicted molar refractivity (Wildman–Crippen MR) is 138 cm³/mol. The van der Waals surface area contributed by atoms with Crippen LogP contribution in [0.5, 0.6) is 0 Å². The lowest BCUT2D eigenvalue weighted by Crippen LogP contribution is -2.46. The molecule has 0 unspecified atom stereocenters. The molecule has 1 aromatic heterocycles. The van der Waals surface area contributed by atoms with Crippen LogP contribution < -0.4 is 14.7 Å².